The minimum Gasteiger partial charge on any atom is -0.382 e. The maximum absolute atomic E-state index is 6.37. The topological polar surface area (TPSA) is 90.9 Å². The van der Waals surface area contributed by atoms with Crippen LogP contribution in [0.5, 0.6) is 0 Å². The number of hydrogen-bond donors (Lipinski definition) is 2. The first kappa shape index (κ1) is 19.7. The van der Waals surface area contributed by atoms with Crippen molar-refractivity contribution in [2.45, 2.75) is 32.3 Å². The van der Waals surface area contributed by atoms with Crippen molar-refractivity contribution in [2.24, 2.45) is 0 Å². The Hall–Kier alpha value is -2.09. The number of rotatable bonds is 6. The number of para-hydroxylation sites is 1. The minimum absolute atomic E-state index is 0.284. The maximum atomic E-state index is 6.37. The molecule has 0 aliphatic heterocycles. The van der Waals surface area contributed by atoms with E-state index in [0.717, 1.165) is 12.1 Å². The first-order valence-electron chi connectivity index (χ1n) is 8.50. The van der Waals surface area contributed by atoms with Gasteiger partial charge in [0.15, 0.2) is 11.5 Å². The molecule has 3 rings (SSSR count). The molecule has 1 aromatic carbocycles. The molecule has 144 valence electrons. The zero-order valence-corrected chi connectivity index (χ0v) is 17.2. The molecule has 0 spiro atoms. The van der Waals surface area contributed by atoms with Gasteiger partial charge in [0.25, 0.3) is 0 Å². The number of methoxy groups -OCH3 is 1. The second-order valence-corrected chi connectivity index (χ2v) is 7.59. The number of nitrogens with two attached hydrogens (primary N) is 1. The van der Waals surface area contributed by atoms with Crippen molar-refractivity contribution in [1.82, 2.24) is 19.7 Å². The largest absolute Gasteiger partial charge is 0.382 e. The Kier molecular flexibility index (Phi) is 5.46. The summed E-state index contributed by atoms with van der Waals surface area (Å²) < 4.78 is 7.09. The van der Waals surface area contributed by atoms with Crippen molar-refractivity contribution in [2.75, 3.05) is 25.2 Å². The molecule has 0 fully saturated rings. The summed E-state index contributed by atoms with van der Waals surface area (Å²) in [5.41, 5.74) is 7.82. The fourth-order valence-electron chi connectivity index (χ4n) is 2.78. The fourth-order valence-corrected chi connectivity index (χ4v) is 3.33. The lowest BCUT2D eigenvalue weighted by Crippen LogP contribution is -2.23. The van der Waals surface area contributed by atoms with Gasteiger partial charge < -0.3 is 15.8 Å². The number of anilines is 2. The molecule has 9 heteroatoms. The van der Waals surface area contributed by atoms with Crippen LogP contribution in [-0.2, 0) is 11.2 Å². The Labute approximate surface area is 167 Å². The normalized spacial score (nSPS) is 11.9. The first-order valence-corrected chi connectivity index (χ1v) is 9.25. The molecule has 0 amide bonds. The van der Waals surface area contributed by atoms with Crippen molar-refractivity contribution < 1.29 is 4.74 Å². The molecular weight excluding hydrogens is 387 g/mol. The number of nitrogen functional groups attached to an aromatic ring is 1. The van der Waals surface area contributed by atoms with E-state index < -0.39 is 0 Å². The second-order valence-electron chi connectivity index (χ2n) is 6.77. The number of nitrogens with zero attached hydrogens (tertiary/aromatic N) is 4. The molecule has 27 heavy (non-hydrogen) atoms. The number of fused-ring (bicyclic) bond motifs is 1. The van der Waals surface area contributed by atoms with Gasteiger partial charge in [-0.3, -0.25) is 0 Å². The molecule has 0 bridgehead atoms. The van der Waals surface area contributed by atoms with E-state index in [2.05, 4.69) is 20.4 Å². The average Bonchev–Trinajstić information content (AvgIpc) is 2.96. The molecule has 2 aromatic heterocycles. The lowest BCUT2D eigenvalue weighted by molar-refractivity contribution is 0.0156. The standard InChI is InChI=1S/C18H22Cl2N6O/c1-18(2,27-4)9-8-12-13-15(21)25-26(16(13)24-17(22-3)23-12)14-10(19)6-5-7-11(14)20/h5-7H,8-9H2,1-4H3,(H2,21,25)(H,22,23,24). The number of hydrogen-bond acceptors (Lipinski definition) is 6. The first-order chi connectivity index (χ1) is 12.8. The van der Waals surface area contributed by atoms with Gasteiger partial charge in [0, 0.05) is 14.2 Å². The quantitative estimate of drug-likeness (QED) is 0.637. The molecule has 7 nitrogen and oxygen atoms in total. The van der Waals surface area contributed by atoms with Crippen LogP contribution in [0.3, 0.4) is 0 Å². The van der Waals surface area contributed by atoms with Gasteiger partial charge in [0.2, 0.25) is 5.95 Å². The van der Waals surface area contributed by atoms with Gasteiger partial charge in [-0.25, -0.2) is 9.67 Å². The van der Waals surface area contributed by atoms with E-state index in [4.69, 9.17) is 33.7 Å². The number of benzene rings is 1. The molecule has 0 saturated heterocycles. The lowest BCUT2D eigenvalue weighted by atomic mass is 10.00. The van der Waals surface area contributed by atoms with Crippen LogP contribution in [0.4, 0.5) is 11.8 Å². The van der Waals surface area contributed by atoms with Crippen molar-refractivity contribution in [3.05, 3.63) is 33.9 Å². The number of aryl methyl sites for hydroxylation is 1. The van der Waals surface area contributed by atoms with E-state index in [0.29, 0.717) is 45.0 Å². The Bertz CT molecular complexity index is 965. The number of aromatic nitrogens is 4. The van der Waals surface area contributed by atoms with Gasteiger partial charge in [-0.05, 0) is 38.8 Å². The number of halogens is 2. The highest BCUT2D eigenvalue weighted by Gasteiger charge is 2.23. The Balaban J connectivity index is 2.21. The zero-order chi connectivity index (χ0) is 19.8. The summed E-state index contributed by atoms with van der Waals surface area (Å²) >= 11 is 12.7. The molecule has 0 unspecified atom stereocenters. The van der Waals surface area contributed by atoms with Crippen LogP contribution in [0.15, 0.2) is 18.2 Å². The Morgan fingerprint density at radius 1 is 1.22 bits per heavy atom. The summed E-state index contributed by atoms with van der Waals surface area (Å²) in [7, 11) is 3.46. The van der Waals surface area contributed by atoms with E-state index in [1.165, 1.54) is 0 Å². The SMILES string of the molecule is CNc1nc(CCC(C)(C)OC)c2c(N)nn(-c3c(Cl)cccc3Cl)c2n1. The molecule has 0 aliphatic rings. The minimum atomic E-state index is -0.284. The van der Waals surface area contributed by atoms with Crippen LogP contribution in [0.25, 0.3) is 16.7 Å². The van der Waals surface area contributed by atoms with E-state index in [-0.39, 0.29) is 5.60 Å². The third-order valence-corrected chi connectivity index (χ3v) is 5.13. The average molecular weight is 409 g/mol. The molecule has 0 radical (unpaired) electrons. The predicted molar refractivity (Wildman–Crippen MR) is 110 cm³/mol. The molecule has 3 aromatic rings. The van der Waals surface area contributed by atoms with Crippen molar-refractivity contribution >= 4 is 46.0 Å². The monoisotopic (exact) mass is 408 g/mol. The summed E-state index contributed by atoms with van der Waals surface area (Å²) in [5, 5.41) is 9.04. The van der Waals surface area contributed by atoms with Gasteiger partial charge in [-0.2, -0.15) is 4.98 Å². The third-order valence-electron chi connectivity index (χ3n) is 4.52. The Morgan fingerprint density at radius 2 is 1.89 bits per heavy atom. The molecule has 0 aliphatic carbocycles. The molecule has 0 atom stereocenters. The van der Waals surface area contributed by atoms with E-state index in [1.54, 1.807) is 37.0 Å². The highest BCUT2D eigenvalue weighted by molar-refractivity contribution is 6.37. The highest BCUT2D eigenvalue weighted by atomic mass is 35.5. The van der Waals surface area contributed by atoms with Crippen LogP contribution in [0, 0.1) is 0 Å². The smallest absolute Gasteiger partial charge is 0.224 e. The van der Waals surface area contributed by atoms with Gasteiger partial charge in [-0.1, -0.05) is 29.3 Å². The Morgan fingerprint density at radius 3 is 2.48 bits per heavy atom. The number of ether oxygens (including phenoxy) is 1. The van der Waals surface area contributed by atoms with Crippen LogP contribution in [-0.4, -0.2) is 39.5 Å². The summed E-state index contributed by atoms with van der Waals surface area (Å²) in [4.78, 5) is 9.14. The fraction of sp³-hybridized carbons (Fsp3) is 0.389. The predicted octanol–water partition coefficient (Wildman–Crippen LogP) is 4.10. The lowest BCUT2D eigenvalue weighted by Gasteiger charge is -2.22. The van der Waals surface area contributed by atoms with E-state index in [9.17, 15) is 0 Å². The maximum Gasteiger partial charge on any atom is 0.224 e. The second kappa shape index (κ2) is 7.50. The highest BCUT2D eigenvalue weighted by Crippen LogP contribution is 2.33. The third kappa shape index (κ3) is 3.81. The summed E-state index contributed by atoms with van der Waals surface area (Å²) in [6.45, 7) is 4.06. The van der Waals surface area contributed by atoms with Crippen molar-refractivity contribution in [3.8, 4) is 5.69 Å². The van der Waals surface area contributed by atoms with E-state index in [1.807, 2.05) is 13.8 Å². The zero-order valence-electron chi connectivity index (χ0n) is 15.7. The van der Waals surface area contributed by atoms with Gasteiger partial charge >= 0.3 is 0 Å². The molecule has 2 heterocycles. The van der Waals surface area contributed by atoms with Gasteiger partial charge in [-0.15, -0.1) is 5.10 Å². The van der Waals surface area contributed by atoms with Gasteiger partial charge in [0.05, 0.1) is 26.7 Å². The van der Waals surface area contributed by atoms with Crippen LogP contribution in [0.2, 0.25) is 10.0 Å². The summed E-state index contributed by atoms with van der Waals surface area (Å²) in [6, 6.07) is 5.26. The van der Waals surface area contributed by atoms with Crippen molar-refractivity contribution in [3.63, 3.8) is 0 Å². The van der Waals surface area contributed by atoms with Crippen LogP contribution >= 0.6 is 23.2 Å². The summed E-state index contributed by atoms with van der Waals surface area (Å²) in [5.74, 6) is 0.797. The van der Waals surface area contributed by atoms with Crippen LogP contribution < -0.4 is 11.1 Å². The van der Waals surface area contributed by atoms with E-state index >= 15 is 0 Å². The molecular formula is C18H22Cl2N6O. The van der Waals surface area contributed by atoms with Gasteiger partial charge in [0.1, 0.15) is 5.69 Å². The molecule has 3 N–H and O–H groups in total. The van der Waals surface area contributed by atoms with Crippen molar-refractivity contribution in [1.29, 1.82) is 0 Å². The van der Waals surface area contributed by atoms with Crippen LogP contribution in [0.1, 0.15) is 26.0 Å². The molecule has 0 saturated carbocycles. The number of nitrogens with one attached hydrogen (secondary N) is 1. The summed E-state index contributed by atoms with van der Waals surface area (Å²) in [6.07, 6.45) is 1.41.